The summed E-state index contributed by atoms with van der Waals surface area (Å²) in [7, 11) is -4.47. The van der Waals surface area contributed by atoms with Gasteiger partial charge >= 0.3 is 0 Å². The number of hydrogen-bond donors (Lipinski definition) is 0. The molecule has 0 N–H and O–H groups in total. The molecular formula is C12H21NO3S. The smallest absolute Gasteiger partial charge is 0.228 e. The molecule has 0 bridgehead atoms. The van der Waals surface area contributed by atoms with Gasteiger partial charge in [0, 0.05) is 13.7 Å². The molecule has 98 valence electrons. The van der Waals surface area contributed by atoms with E-state index in [1.165, 1.54) is 20.8 Å². The highest BCUT2D eigenvalue weighted by Crippen LogP contribution is 2.35. The molecule has 0 aromatic rings. The number of isocyanates is 1. The Kier molecular flexibility index (Phi) is 1.60. The van der Waals surface area contributed by atoms with Crippen molar-refractivity contribution < 1.29 is 26.9 Å². The average molecular weight is 269 g/mol. The van der Waals surface area contributed by atoms with Crippen LogP contribution in [0.5, 0.6) is 0 Å². The summed E-state index contributed by atoms with van der Waals surface area (Å²) in [5.41, 5.74) is -3.42. The number of hydrogen-bond acceptors (Lipinski definition) is 4. The molecule has 1 rings (SSSR count). The summed E-state index contributed by atoms with van der Waals surface area (Å²) >= 11 is 0. The summed E-state index contributed by atoms with van der Waals surface area (Å²) in [6, 6.07) is 0. The van der Waals surface area contributed by atoms with Crippen molar-refractivity contribution in [1.29, 1.82) is 0 Å². The van der Waals surface area contributed by atoms with Crippen LogP contribution in [0, 0.1) is 0 Å². The topological polar surface area (TPSA) is 63.6 Å². The third-order valence-electron chi connectivity index (χ3n) is 2.23. The molecule has 0 aromatic heterocycles. The van der Waals surface area contributed by atoms with E-state index in [1.54, 1.807) is 0 Å². The molecule has 0 aliphatic heterocycles. The highest BCUT2D eigenvalue weighted by atomic mass is 32.2. The first-order valence-corrected chi connectivity index (χ1v) is 6.48. The third kappa shape index (κ3) is 3.39. The molecule has 0 aromatic carbocycles. The standard InChI is InChI=1S/C12H21NO3S/c1-11(2,3)17(15,16)9-12(13-10-14)7-5-4-6-8-12/h4-9H2,1-3H3/i4D2,5D2,6D2,7D2,8D2. The first-order chi connectivity index (χ1) is 11.5. The first kappa shape index (κ1) is 5.54. The van der Waals surface area contributed by atoms with Gasteiger partial charge in [0.15, 0.2) is 9.84 Å². The van der Waals surface area contributed by atoms with E-state index >= 15 is 0 Å². The Balaban J connectivity index is 4.10. The zero-order chi connectivity index (χ0) is 22.1. The third-order valence-corrected chi connectivity index (χ3v) is 4.90. The van der Waals surface area contributed by atoms with Crippen LogP contribution in [0.4, 0.5) is 0 Å². The molecule has 1 saturated carbocycles. The van der Waals surface area contributed by atoms with Gasteiger partial charge in [0.05, 0.1) is 16.0 Å². The van der Waals surface area contributed by atoms with Crippen molar-refractivity contribution in [2.75, 3.05) is 5.75 Å². The van der Waals surface area contributed by atoms with Gasteiger partial charge in [-0.3, -0.25) is 0 Å². The van der Waals surface area contributed by atoms with Gasteiger partial charge < -0.3 is 0 Å². The van der Waals surface area contributed by atoms with E-state index in [9.17, 15) is 13.2 Å². The predicted molar refractivity (Wildman–Crippen MR) is 67.5 cm³/mol. The Hall–Kier alpha value is -0.670. The second-order valence-corrected chi connectivity index (χ2v) is 7.30. The van der Waals surface area contributed by atoms with Crippen LogP contribution in [0.1, 0.15) is 66.3 Å². The number of carbonyl (C=O) groups excluding carboxylic acids is 1. The molecule has 0 unspecified atom stereocenters. The van der Waals surface area contributed by atoms with Gasteiger partial charge in [-0.2, -0.15) is 4.99 Å². The zero-order valence-electron chi connectivity index (χ0n) is 19.8. The fourth-order valence-electron chi connectivity index (χ4n) is 1.06. The monoisotopic (exact) mass is 269 g/mol. The number of aliphatic imine (C=N–C) groups is 1. The van der Waals surface area contributed by atoms with E-state index in [-0.39, 0.29) is 0 Å². The Morgan fingerprint density at radius 2 is 1.82 bits per heavy atom. The first-order valence-electron chi connectivity index (χ1n) is 9.83. The molecule has 5 heteroatoms. The lowest BCUT2D eigenvalue weighted by molar-refractivity contribution is 0.323. The van der Waals surface area contributed by atoms with Crippen LogP contribution in [-0.4, -0.2) is 30.5 Å². The quantitative estimate of drug-likeness (QED) is 0.583. The maximum Gasteiger partial charge on any atom is 0.235 e. The van der Waals surface area contributed by atoms with Gasteiger partial charge in [0.25, 0.3) is 0 Å². The molecule has 0 amide bonds. The minimum absolute atomic E-state index is 0.841. The normalized spacial score (nSPS) is 44.2. The molecule has 17 heavy (non-hydrogen) atoms. The minimum atomic E-state index is -4.47. The van der Waals surface area contributed by atoms with Crippen LogP contribution in [0.2, 0.25) is 0 Å². The number of sulfone groups is 1. The van der Waals surface area contributed by atoms with Crippen LogP contribution in [0.25, 0.3) is 0 Å². The molecule has 0 radical (unpaired) electrons. The highest BCUT2D eigenvalue weighted by molar-refractivity contribution is 7.92. The minimum Gasteiger partial charge on any atom is -0.228 e. The highest BCUT2D eigenvalue weighted by Gasteiger charge is 2.41. The lowest BCUT2D eigenvalue weighted by Gasteiger charge is -2.34. The molecule has 1 fully saturated rings. The van der Waals surface area contributed by atoms with Gasteiger partial charge in [0.2, 0.25) is 6.08 Å². The van der Waals surface area contributed by atoms with E-state index in [2.05, 4.69) is 4.99 Å². The summed E-state index contributed by atoms with van der Waals surface area (Å²) in [4.78, 5) is 14.0. The Labute approximate surface area is 117 Å². The van der Waals surface area contributed by atoms with E-state index in [4.69, 9.17) is 13.7 Å². The van der Waals surface area contributed by atoms with Crippen LogP contribution in [-0.2, 0) is 14.6 Å². The average Bonchev–Trinajstić information content (AvgIpc) is 2.42. The van der Waals surface area contributed by atoms with Crippen molar-refractivity contribution in [3.63, 3.8) is 0 Å². The van der Waals surface area contributed by atoms with E-state index in [0.29, 0.717) is 0 Å². The van der Waals surface area contributed by atoms with Crippen molar-refractivity contribution in [3.8, 4) is 0 Å². The van der Waals surface area contributed by atoms with Crippen LogP contribution in [0.15, 0.2) is 4.99 Å². The molecule has 0 spiro atoms. The van der Waals surface area contributed by atoms with Gasteiger partial charge in [0.1, 0.15) is 0 Å². The number of nitrogens with zero attached hydrogens (tertiary/aromatic N) is 1. The summed E-state index contributed by atoms with van der Waals surface area (Å²) in [5, 5.41) is 0. The lowest BCUT2D eigenvalue weighted by atomic mass is 9.84. The second kappa shape index (κ2) is 4.91. The van der Waals surface area contributed by atoms with E-state index in [1.807, 2.05) is 0 Å². The predicted octanol–water partition coefficient (Wildman–Crippen LogP) is 2.24. The summed E-state index contributed by atoms with van der Waals surface area (Å²) < 4.78 is 103. The van der Waals surface area contributed by atoms with Gasteiger partial charge in [-0.1, -0.05) is 19.1 Å². The van der Waals surface area contributed by atoms with Gasteiger partial charge in [-0.25, -0.2) is 13.2 Å². The molecule has 0 atom stereocenters. The second-order valence-electron chi connectivity index (χ2n) is 4.56. The molecular weight excluding hydrogens is 238 g/mol. The molecule has 0 saturated heterocycles. The maximum absolute atomic E-state index is 12.7. The van der Waals surface area contributed by atoms with Crippen LogP contribution < -0.4 is 0 Å². The Bertz CT molecular complexity index is 748. The van der Waals surface area contributed by atoms with Crippen LogP contribution >= 0.6 is 0 Å². The fourth-order valence-corrected chi connectivity index (χ4v) is 2.25. The van der Waals surface area contributed by atoms with Gasteiger partial charge in [-0.05, 0) is 33.5 Å². The van der Waals surface area contributed by atoms with Crippen molar-refractivity contribution in [2.24, 2.45) is 4.99 Å². The van der Waals surface area contributed by atoms with Crippen molar-refractivity contribution in [2.45, 2.75) is 62.9 Å². The summed E-state index contributed by atoms with van der Waals surface area (Å²) in [6.45, 7) is 3.62. The lowest BCUT2D eigenvalue weighted by Crippen LogP contribution is -2.43. The van der Waals surface area contributed by atoms with Crippen molar-refractivity contribution >= 4 is 15.9 Å². The largest absolute Gasteiger partial charge is 0.235 e. The fraction of sp³-hybridized carbons (Fsp3) is 0.917. The molecule has 1 aliphatic carbocycles. The Morgan fingerprint density at radius 1 is 1.29 bits per heavy atom. The van der Waals surface area contributed by atoms with E-state index < -0.39 is 57.7 Å². The van der Waals surface area contributed by atoms with Crippen molar-refractivity contribution in [1.82, 2.24) is 0 Å². The van der Waals surface area contributed by atoms with E-state index in [0.717, 1.165) is 6.08 Å². The SMILES string of the molecule is [2H]C1([2H])C([2H])([2H])C([2H])([2H])C(CS(=O)(=O)C(C)(C)C)(N=C=O)C([2H])([2H])C1([2H])[2H]. The number of rotatable bonds is 3. The molecule has 0 heterocycles. The summed E-state index contributed by atoms with van der Waals surface area (Å²) in [6.07, 6.45) is -17.8. The maximum atomic E-state index is 12.7. The molecule has 4 nitrogen and oxygen atoms in total. The van der Waals surface area contributed by atoms with Gasteiger partial charge in [-0.15, -0.1) is 0 Å². The Morgan fingerprint density at radius 3 is 2.24 bits per heavy atom. The zero-order valence-corrected chi connectivity index (χ0v) is 10.6. The van der Waals surface area contributed by atoms with Crippen LogP contribution in [0.3, 0.4) is 0 Å². The molecule has 1 aliphatic rings. The summed E-state index contributed by atoms with van der Waals surface area (Å²) in [5.74, 6) is -1.56. The van der Waals surface area contributed by atoms with Crippen molar-refractivity contribution in [3.05, 3.63) is 0 Å².